The zero-order valence-electron chi connectivity index (χ0n) is 11.9. The summed E-state index contributed by atoms with van der Waals surface area (Å²) < 4.78 is 5.61. The molecule has 0 spiro atoms. The molecule has 2 aromatic rings. The molecule has 1 heterocycles. The van der Waals surface area contributed by atoms with Crippen LogP contribution in [0.4, 0.5) is 0 Å². The third kappa shape index (κ3) is 3.61. The Kier molecular flexibility index (Phi) is 4.66. The summed E-state index contributed by atoms with van der Waals surface area (Å²) in [4.78, 5) is 5.60. The molecule has 0 saturated heterocycles. The van der Waals surface area contributed by atoms with Gasteiger partial charge in [0.05, 0.1) is 5.69 Å². The quantitative estimate of drug-likeness (QED) is 0.900. The Labute approximate surface area is 118 Å². The summed E-state index contributed by atoms with van der Waals surface area (Å²) in [5.41, 5.74) is 3.53. The van der Waals surface area contributed by atoms with E-state index < -0.39 is 0 Å². The molecule has 4 heteroatoms. The van der Waals surface area contributed by atoms with Gasteiger partial charge in [0.15, 0.2) is 0 Å². The smallest absolute Gasteiger partial charge is 0.261 e. The first-order chi connectivity index (χ1) is 9.10. The van der Waals surface area contributed by atoms with Gasteiger partial charge in [-0.3, -0.25) is 0 Å². The molecule has 0 unspecified atom stereocenters. The Morgan fingerprint density at radius 2 is 2.05 bits per heavy atom. The average Bonchev–Trinajstić information content (AvgIpc) is 2.69. The van der Waals surface area contributed by atoms with E-state index >= 15 is 0 Å². The van der Waals surface area contributed by atoms with Gasteiger partial charge in [-0.2, -0.15) is 0 Å². The van der Waals surface area contributed by atoms with E-state index in [2.05, 4.69) is 42.3 Å². The Morgan fingerprint density at radius 1 is 1.26 bits per heavy atom. The van der Waals surface area contributed by atoms with Crippen LogP contribution in [0.3, 0.4) is 0 Å². The minimum atomic E-state index is 0.720. The SMILES string of the molecule is CCNCc1ccc(Sc2nc(C)c(C)o2)c(C)c1. The summed E-state index contributed by atoms with van der Waals surface area (Å²) in [5, 5.41) is 4.05. The minimum Gasteiger partial charge on any atom is -0.436 e. The highest BCUT2D eigenvalue weighted by atomic mass is 32.2. The first-order valence-electron chi connectivity index (χ1n) is 6.52. The number of hydrogen-bond acceptors (Lipinski definition) is 4. The molecule has 1 aromatic carbocycles. The molecule has 2 rings (SSSR count). The molecule has 1 aromatic heterocycles. The lowest BCUT2D eigenvalue weighted by molar-refractivity contribution is 0.431. The Morgan fingerprint density at radius 3 is 2.63 bits per heavy atom. The lowest BCUT2D eigenvalue weighted by atomic mass is 10.1. The van der Waals surface area contributed by atoms with E-state index in [1.54, 1.807) is 11.8 Å². The van der Waals surface area contributed by atoms with Crippen LogP contribution in [0.15, 0.2) is 32.7 Å². The molecule has 0 aliphatic rings. The van der Waals surface area contributed by atoms with Crippen LogP contribution >= 0.6 is 11.8 Å². The number of aromatic nitrogens is 1. The lowest BCUT2D eigenvalue weighted by Crippen LogP contribution is -2.11. The summed E-state index contributed by atoms with van der Waals surface area (Å²) in [6, 6.07) is 6.51. The molecule has 0 aliphatic carbocycles. The Balaban J connectivity index is 2.12. The monoisotopic (exact) mass is 276 g/mol. The van der Waals surface area contributed by atoms with Crippen molar-refractivity contribution in [1.29, 1.82) is 0 Å². The zero-order chi connectivity index (χ0) is 13.8. The van der Waals surface area contributed by atoms with Crippen molar-refractivity contribution in [3.63, 3.8) is 0 Å². The van der Waals surface area contributed by atoms with E-state index in [9.17, 15) is 0 Å². The predicted octanol–water partition coefficient (Wildman–Crippen LogP) is 3.86. The van der Waals surface area contributed by atoms with Gasteiger partial charge in [-0.15, -0.1) is 0 Å². The Hall–Kier alpha value is -1.26. The number of benzene rings is 1. The number of hydrogen-bond donors (Lipinski definition) is 1. The van der Waals surface area contributed by atoms with Gasteiger partial charge in [0.2, 0.25) is 0 Å². The van der Waals surface area contributed by atoms with Crippen LogP contribution in [0.5, 0.6) is 0 Å². The molecule has 0 bridgehead atoms. The van der Waals surface area contributed by atoms with Gasteiger partial charge in [-0.1, -0.05) is 19.1 Å². The molecule has 3 nitrogen and oxygen atoms in total. The first kappa shape index (κ1) is 14.2. The largest absolute Gasteiger partial charge is 0.436 e. The van der Waals surface area contributed by atoms with E-state index in [1.807, 2.05) is 13.8 Å². The summed E-state index contributed by atoms with van der Waals surface area (Å²) in [7, 11) is 0. The number of nitrogens with one attached hydrogen (secondary N) is 1. The van der Waals surface area contributed by atoms with Crippen LogP contribution in [-0.4, -0.2) is 11.5 Å². The number of nitrogens with zero attached hydrogens (tertiary/aromatic N) is 1. The number of rotatable bonds is 5. The van der Waals surface area contributed by atoms with Crippen molar-refractivity contribution in [2.75, 3.05) is 6.54 Å². The highest BCUT2D eigenvalue weighted by Gasteiger charge is 2.09. The lowest BCUT2D eigenvalue weighted by Gasteiger charge is -2.07. The van der Waals surface area contributed by atoms with E-state index in [0.717, 1.165) is 29.8 Å². The molecule has 19 heavy (non-hydrogen) atoms. The van der Waals surface area contributed by atoms with Gasteiger partial charge in [-0.05, 0) is 56.3 Å². The molecule has 1 N–H and O–H groups in total. The summed E-state index contributed by atoms with van der Waals surface area (Å²) in [6.07, 6.45) is 0. The molecule has 0 saturated carbocycles. The fraction of sp³-hybridized carbons (Fsp3) is 0.400. The minimum absolute atomic E-state index is 0.720. The summed E-state index contributed by atoms with van der Waals surface area (Å²) in [6.45, 7) is 10.1. The Bertz CT molecular complexity index is 544. The molecule has 102 valence electrons. The normalized spacial score (nSPS) is 10.9. The van der Waals surface area contributed by atoms with Crippen molar-refractivity contribution >= 4 is 11.8 Å². The van der Waals surface area contributed by atoms with E-state index in [-0.39, 0.29) is 0 Å². The maximum atomic E-state index is 5.61. The third-order valence-electron chi connectivity index (χ3n) is 3.02. The molecular weight excluding hydrogens is 256 g/mol. The van der Waals surface area contributed by atoms with E-state index in [0.29, 0.717) is 0 Å². The van der Waals surface area contributed by atoms with Crippen LogP contribution in [0.1, 0.15) is 29.5 Å². The fourth-order valence-electron chi connectivity index (χ4n) is 1.79. The van der Waals surface area contributed by atoms with Crippen molar-refractivity contribution in [3.05, 3.63) is 40.8 Å². The van der Waals surface area contributed by atoms with Gasteiger partial charge in [0.1, 0.15) is 5.76 Å². The number of aryl methyl sites for hydroxylation is 3. The topological polar surface area (TPSA) is 38.1 Å². The summed E-state index contributed by atoms with van der Waals surface area (Å²) in [5.74, 6) is 0.893. The van der Waals surface area contributed by atoms with Gasteiger partial charge in [0, 0.05) is 11.4 Å². The zero-order valence-corrected chi connectivity index (χ0v) is 12.7. The van der Waals surface area contributed by atoms with Crippen LogP contribution in [0, 0.1) is 20.8 Å². The fourth-order valence-corrected chi connectivity index (χ4v) is 2.68. The first-order valence-corrected chi connectivity index (χ1v) is 7.34. The molecule has 0 aliphatic heterocycles. The third-order valence-corrected chi connectivity index (χ3v) is 4.05. The number of oxazole rings is 1. The standard InChI is InChI=1S/C15H20N2OS/c1-5-16-9-13-6-7-14(10(2)8-13)19-15-17-11(3)12(4)18-15/h6-8,16H,5,9H2,1-4H3. The maximum Gasteiger partial charge on any atom is 0.261 e. The summed E-state index contributed by atoms with van der Waals surface area (Å²) >= 11 is 1.58. The van der Waals surface area contributed by atoms with Crippen molar-refractivity contribution < 1.29 is 4.42 Å². The van der Waals surface area contributed by atoms with Crippen molar-refractivity contribution in [3.8, 4) is 0 Å². The molecule has 0 radical (unpaired) electrons. The van der Waals surface area contributed by atoms with Gasteiger partial charge in [0.25, 0.3) is 5.22 Å². The van der Waals surface area contributed by atoms with Gasteiger partial charge < -0.3 is 9.73 Å². The second kappa shape index (κ2) is 6.26. The van der Waals surface area contributed by atoms with Crippen molar-refractivity contribution in [2.45, 2.75) is 44.4 Å². The van der Waals surface area contributed by atoms with Gasteiger partial charge in [-0.25, -0.2) is 4.98 Å². The van der Waals surface area contributed by atoms with E-state index in [1.165, 1.54) is 16.0 Å². The highest BCUT2D eigenvalue weighted by Crippen LogP contribution is 2.31. The second-order valence-electron chi connectivity index (χ2n) is 4.60. The van der Waals surface area contributed by atoms with Crippen LogP contribution in [-0.2, 0) is 6.54 Å². The molecule has 0 amide bonds. The van der Waals surface area contributed by atoms with Crippen LogP contribution < -0.4 is 5.32 Å². The second-order valence-corrected chi connectivity index (χ2v) is 5.60. The maximum absolute atomic E-state index is 5.61. The van der Waals surface area contributed by atoms with E-state index in [4.69, 9.17) is 4.42 Å². The van der Waals surface area contributed by atoms with Gasteiger partial charge >= 0.3 is 0 Å². The van der Waals surface area contributed by atoms with Crippen molar-refractivity contribution in [2.24, 2.45) is 0 Å². The van der Waals surface area contributed by atoms with Crippen LogP contribution in [0.25, 0.3) is 0 Å². The van der Waals surface area contributed by atoms with Crippen molar-refractivity contribution in [1.82, 2.24) is 10.3 Å². The van der Waals surface area contributed by atoms with Crippen LogP contribution in [0.2, 0.25) is 0 Å². The molecule has 0 fully saturated rings. The average molecular weight is 276 g/mol. The molecular formula is C15H20N2OS. The predicted molar refractivity (Wildman–Crippen MR) is 78.7 cm³/mol. The highest BCUT2D eigenvalue weighted by molar-refractivity contribution is 7.99. The molecule has 0 atom stereocenters.